The Kier molecular flexibility index (Phi) is 16.5. The molecule has 20 heavy (non-hydrogen) atoms. The minimum atomic E-state index is -2.41. The molecule has 0 amide bonds. The molecular formula is C12H28O3S4Si. The summed E-state index contributed by atoms with van der Waals surface area (Å²) >= 11 is 0. The van der Waals surface area contributed by atoms with Gasteiger partial charge in [0.2, 0.25) is 0 Å². The van der Waals surface area contributed by atoms with Crippen LogP contribution in [0.25, 0.3) is 0 Å². The zero-order valence-corrected chi connectivity index (χ0v) is 17.3. The van der Waals surface area contributed by atoms with Crippen LogP contribution < -0.4 is 0 Å². The standard InChI is InChI=1S/C12H28O3S4Si/c1-5-10-16-18-19-17-11-9-12-20(13-6-2,14-7-3)15-8-4/h5-12H2,1-4H3. The molecule has 0 saturated carbocycles. The van der Waals surface area contributed by atoms with Gasteiger partial charge in [-0.25, -0.2) is 0 Å². The summed E-state index contributed by atoms with van der Waals surface area (Å²) in [6.45, 7) is 10.2. The van der Waals surface area contributed by atoms with Crippen molar-refractivity contribution in [2.45, 2.75) is 46.6 Å². The Morgan fingerprint density at radius 1 is 0.750 bits per heavy atom. The summed E-state index contributed by atoms with van der Waals surface area (Å²) < 4.78 is 17.5. The van der Waals surface area contributed by atoms with E-state index >= 15 is 0 Å². The van der Waals surface area contributed by atoms with E-state index in [4.69, 9.17) is 13.3 Å². The summed E-state index contributed by atoms with van der Waals surface area (Å²) in [4.78, 5) is 0. The van der Waals surface area contributed by atoms with Crippen LogP contribution in [0.2, 0.25) is 6.04 Å². The van der Waals surface area contributed by atoms with Crippen molar-refractivity contribution >= 4 is 50.0 Å². The topological polar surface area (TPSA) is 27.7 Å². The molecule has 0 rings (SSSR count). The minimum absolute atomic E-state index is 0.664. The van der Waals surface area contributed by atoms with Crippen molar-refractivity contribution in [2.24, 2.45) is 0 Å². The van der Waals surface area contributed by atoms with Crippen LogP contribution in [0.3, 0.4) is 0 Å². The van der Waals surface area contributed by atoms with Crippen LogP contribution in [-0.2, 0) is 13.3 Å². The van der Waals surface area contributed by atoms with Crippen LogP contribution in [0.15, 0.2) is 0 Å². The highest BCUT2D eigenvalue weighted by Crippen LogP contribution is 2.43. The van der Waals surface area contributed by atoms with Crippen molar-refractivity contribution in [1.82, 2.24) is 0 Å². The van der Waals surface area contributed by atoms with Gasteiger partial charge in [-0.15, -0.1) is 0 Å². The Bertz CT molecular complexity index is 196. The lowest BCUT2D eigenvalue weighted by atomic mass is 10.6. The lowest BCUT2D eigenvalue weighted by molar-refractivity contribution is 0.0712. The molecule has 122 valence electrons. The van der Waals surface area contributed by atoms with E-state index in [1.165, 1.54) is 12.2 Å². The SMILES string of the molecule is CCCSSSSCCC[Si](OCC)(OCC)OCC. The molecule has 0 heterocycles. The van der Waals surface area contributed by atoms with Crippen molar-refractivity contribution < 1.29 is 13.3 Å². The van der Waals surface area contributed by atoms with Crippen molar-refractivity contribution in [2.75, 3.05) is 31.3 Å². The third-order valence-corrected chi connectivity index (χ3v) is 12.1. The van der Waals surface area contributed by atoms with E-state index in [0.29, 0.717) is 19.8 Å². The summed E-state index contributed by atoms with van der Waals surface area (Å²) in [5.74, 6) is 2.35. The molecule has 0 N–H and O–H groups in total. The van der Waals surface area contributed by atoms with Gasteiger partial charge in [-0.05, 0) is 53.3 Å². The third-order valence-electron chi connectivity index (χ3n) is 2.21. The molecule has 0 aromatic carbocycles. The lowest BCUT2D eigenvalue weighted by Crippen LogP contribution is -2.46. The Morgan fingerprint density at radius 3 is 1.70 bits per heavy atom. The second-order valence-electron chi connectivity index (χ2n) is 3.87. The zero-order chi connectivity index (χ0) is 15.1. The normalized spacial score (nSPS) is 12.0. The first-order valence-electron chi connectivity index (χ1n) is 7.24. The first-order chi connectivity index (χ1) is 9.74. The molecule has 0 unspecified atom stereocenters. The molecule has 0 aliphatic carbocycles. The fraction of sp³-hybridized carbons (Fsp3) is 1.00. The molecule has 0 saturated heterocycles. The zero-order valence-electron chi connectivity index (χ0n) is 13.0. The molecule has 8 heteroatoms. The molecule has 0 aliphatic rings. The monoisotopic (exact) mass is 376 g/mol. The quantitative estimate of drug-likeness (QED) is 0.211. The number of hydrogen-bond acceptors (Lipinski definition) is 7. The van der Waals surface area contributed by atoms with E-state index in [1.807, 2.05) is 62.0 Å². The third kappa shape index (κ3) is 11.1. The number of hydrogen-bond donors (Lipinski definition) is 0. The second-order valence-corrected chi connectivity index (χ2v) is 12.8. The Morgan fingerprint density at radius 2 is 1.25 bits per heavy atom. The van der Waals surface area contributed by atoms with Crippen LogP contribution in [0.4, 0.5) is 0 Å². The number of rotatable bonds is 15. The smallest absolute Gasteiger partial charge is 0.374 e. The molecular weight excluding hydrogens is 348 g/mol. The van der Waals surface area contributed by atoms with Gasteiger partial charge < -0.3 is 13.3 Å². The van der Waals surface area contributed by atoms with E-state index in [2.05, 4.69) is 6.92 Å². The van der Waals surface area contributed by atoms with Gasteiger partial charge in [0.1, 0.15) is 0 Å². The first-order valence-corrected chi connectivity index (χ1v) is 14.3. The predicted octanol–water partition coefficient (Wildman–Crippen LogP) is 5.51. The second kappa shape index (κ2) is 15.4. The van der Waals surface area contributed by atoms with Crippen LogP contribution in [0.1, 0.15) is 40.5 Å². The Labute approximate surface area is 141 Å². The highest BCUT2D eigenvalue weighted by atomic mass is 33.7. The molecule has 0 aromatic rings. The Balaban J connectivity index is 3.82. The summed E-state index contributed by atoms with van der Waals surface area (Å²) in [5, 5.41) is 0. The molecule has 0 spiro atoms. The van der Waals surface area contributed by atoms with Crippen LogP contribution in [-0.4, -0.2) is 40.1 Å². The fourth-order valence-electron chi connectivity index (χ4n) is 1.54. The Hall–Kier alpha value is 1.50. The van der Waals surface area contributed by atoms with Crippen LogP contribution in [0, 0.1) is 0 Å². The van der Waals surface area contributed by atoms with E-state index < -0.39 is 8.80 Å². The van der Waals surface area contributed by atoms with Gasteiger partial charge in [-0.2, -0.15) is 0 Å². The highest BCUT2D eigenvalue weighted by molar-refractivity contribution is 9.26. The van der Waals surface area contributed by atoms with Gasteiger partial charge >= 0.3 is 8.80 Å². The maximum atomic E-state index is 5.84. The van der Waals surface area contributed by atoms with Crippen molar-refractivity contribution in [3.05, 3.63) is 0 Å². The van der Waals surface area contributed by atoms with Crippen molar-refractivity contribution in [3.8, 4) is 0 Å². The van der Waals surface area contributed by atoms with Gasteiger partial charge in [0.25, 0.3) is 0 Å². The summed E-state index contributed by atoms with van der Waals surface area (Å²) in [7, 11) is 5.19. The molecule has 0 aromatic heterocycles. The highest BCUT2D eigenvalue weighted by Gasteiger charge is 2.39. The maximum Gasteiger partial charge on any atom is 0.500 e. The largest absolute Gasteiger partial charge is 0.500 e. The molecule has 0 bridgehead atoms. The summed E-state index contributed by atoms with van der Waals surface area (Å²) in [6, 6.07) is 0.919. The van der Waals surface area contributed by atoms with Crippen LogP contribution >= 0.6 is 41.2 Å². The van der Waals surface area contributed by atoms with Gasteiger partial charge in [-0.1, -0.05) is 28.5 Å². The van der Waals surface area contributed by atoms with E-state index in [-0.39, 0.29) is 0 Å². The molecule has 0 atom stereocenters. The fourth-order valence-corrected chi connectivity index (χ4v) is 10.6. The first kappa shape index (κ1) is 21.5. The molecule has 0 radical (unpaired) electrons. The predicted molar refractivity (Wildman–Crippen MR) is 100 cm³/mol. The molecule has 0 aliphatic heterocycles. The maximum absolute atomic E-state index is 5.84. The average Bonchev–Trinajstić information content (AvgIpc) is 2.43. The van der Waals surface area contributed by atoms with Crippen molar-refractivity contribution in [1.29, 1.82) is 0 Å². The summed E-state index contributed by atoms with van der Waals surface area (Å²) in [5.41, 5.74) is 0. The van der Waals surface area contributed by atoms with Crippen molar-refractivity contribution in [3.63, 3.8) is 0 Å². The van der Waals surface area contributed by atoms with E-state index in [1.54, 1.807) is 0 Å². The average molecular weight is 377 g/mol. The molecule has 3 nitrogen and oxygen atoms in total. The summed E-state index contributed by atoms with van der Waals surface area (Å²) in [6.07, 6.45) is 2.33. The van der Waals surface area contributed by atoms with Gasteiger partial charge in [0.05, 0.1) is 0 Å². The van der Waals surface area contributed by atoms with E-state index in [0.717, 1.165) is 18.2 Å². The molecule has 0 fully saturated rings. The van der Waals surface area contributed by atoms with Gasteiger partial charge in [-0.3, -0.25) is 0 Å². The van der Waals surface area contributed by atoms with Gasteiger partial charge in [0.15, 0.2) is 0 Å². The van der Waals surface area contributed by atoms with Crippen LogP contribution in [0.5, 0.6) is 0 Å². The van der Waals surface area contributed by atoms with E-state index in [9.17, 15) is 0 Å². The van der Waals surface area contributed by atoms with Gasteiger partial charge in [0, 0.05) is 37.4 Å². The lowest BCUT2D eigenvalue weighted by Gasteiger charge is -2.28. The minimum Gasteiger partial charge on any atom is -0.374 e.